The second-order valence-electron chi connectivity index (χ2n) is 4.40. The van der Waals surface area contributed by atoms with E-state index in [4.69, 9.17) is 10.5 Å². The Morgan fingerprint density at radius 2 is 2.00 bits per heavy atom. The second-order valence-corrected chi connectivity index (χ2v) is 5.25. The number of methoxy groups -OCH3 is 1. The summed E-state index contributed by atoms with van der Waals surface area (Å²) in [4.78, 5) is 8.52. The van der Waals surface area contributed by atoms with E-state index >= 15 is 0 Å². The van der Waals surface area contributed by atoms with E-state index in [1.165, 1.54) is 0 Å². The topological polar surface area (TPSA) is 61.0 Å². The molecule has 5 heteroatoms. The van der Waals surface area contributed by atoms with Crippen LogP contribution in [0.1, 0.15) is 23.0 Å². The molecule has 0 radical (unpaired) electrons. The third kappa shape index (κ3) is 3.52. The van der Waals surface area contributed by atoms with Crippen LogP contribution in [0.5, 0.6) is 5.75 Å². The Kier molecular flexibility index (Phi) is 4.50. The molecule has 19 heavy (non-hydrogen) atoms. The van der Waals surface area contributed by atoms with Gasteiger partial charge in [-0.3, -0.25) is 0 Å². The molecule has 4 nitrogen and oxygen atoms in total. The summed E-state index contributed by atoms with van der Waals surface area (Å²) < 4.78 is 6.12. The van der Waals surface area contributed by atoms with Crippen LogP contribution in [0.4, 0.5) is 0 Å². The van der Waals surface area contributed by atoms with Crippen LogP contribution in [0.25, 0.3) is 0 Å². The fourth-order valence-corrected chi connectivity index (χ4v) is 2.36. The predicted molar refractivity (Wildman–Crippen MR) is 78.1 cm³/mol. The van der Waals surface area contributed by atoms with Gasteiger partial charge in [0.15, 0.2) is 0 Å². The molecule has 0 saturated carbocycles. The SMILES string of the molecule is COc1ccc(CC(N)c2ncc(C)cn2)cc1Br. The van der Waals surface area contributed by atoms with Crippen LogP contribution < -0.4 is 10.5 Å². The number of nitrogens with zero attached hydrogens (tertiary/aromatic N) is 2. The van der Waals surface area contributed by atoms with Crippen LogP contribution in [-0.2, 0) is 6.42 Å². The lowest BCUT2D eigenvalue weighted by atomic mass is 10.1. The van der Waals surface area contributed by atoms with E-state index in [0.29, 0.717) is 12.2 Å². The molecule has 2 aromatic rings. The number of rotatable bonds is 4. The average Bonchev–Trinajstić information content (AvgIpc) is 2.39. The van der Waals surface area contributed by atoms with Gasteiger partial charge in [0.2, 0.25) is 0 Å². The van der Waals surface area contributed by atoms with Crippen LogP contribution in [0.2, 0.25) is 0 Å². The van der Waals surface area contributed by atoms with Crippen LogP contribution >= 0.6 is 15.9 Å². The Hall–Kier alpha value is -1.46. The highest BCUT2D eigenvalue weighted by molar-refractivity contribution is 9.10. The second kappa shape index (κ2) is 6.12. The van der Waals surface area contributed by atoms with Gasteiger partial charge in [-0.2, -0.15) is 0 Å². The van der Waals surface area contributed by atoms with E-state index in [1.54, 1.807) is 19.5 Å². The van der Waals surface area contributed by atoms with Crippen molar-refractivity contribution < 1.29 is 4.74 Å². The average molecular weight is 322 g/mol. The quantitative estimate of drug-likeness (QED) is 0.940. The van der Waals surface area contributed by atoms with Gasteiger partial charge in [0.05, 0.1) is 17.6 Å². The van der Waals surface area contributed by atoms with Crippen molar-refractivity contribution in [3.05, 3.63) is 52.0 Å². The first-order chi connectivity index (χ1) is 9.10. The van der Waals surface area contributed by atoms with Crippen molar-refractivity contribution >= 4 is 15.9 Å². The highest BCUT2D eigenvalue weighted by atomic mass is 79.9. The lowest BCUT2D eigenvalue weighted by Crippen LogP contribution is -2.16. The van der Waals surface area contributed by atoms with Crippen molar-refractivity contribution in [3.8, 4) is 5.75 Å². The van der Waals surface area contributed by atoms with E-state index in [-0.39, 0.29) is 6.04 Å². The smallest absolute Gasteiger partial charge is 0.145 e. The maximum atomic E-state index is 6.13. The number of aromatic nitrogens is 2. The van der Waals surface area contributed by atoms with Crippen molar-refractivity contribution in [2.45, 2.75) is 19.4 Å². The number of hydrogen-bond acceptors (Lipinski definition) is 4. The highest BCUT2D eigenvalue weighted by Gasteiger charge is 2.11. The summed E-state index contributed by atoms with van der Waals surface area (Å²) in [7, 11) is 1.64. The van der Waals surface area contributed by atoms with Gasteiger partial charge in [-0.05, 0) is 52.5 Å². The molecule has 0 bridgehead atoms. The number of benzene rings is 1. The normalized spacial score (nSPS) is 12.2. The molecular formula is C14H16BrN3O. The zero-order valence-corrected chi connectivity index (χ0v) is 12.5. The summed E-state index contributed by atoms with van der Waals surface area (Å²) in [6.45, 7) is 1.95. The predicted octanol–water partition coefficient (Wildman–Crippen LogP) is 2.80. The number of hydrogen-bond donors (Lipinski definition) is 1. The summed E-state index contributed by atoms with van der Waals surface area (Å²) in [5, 5.41) is 0. The fourth-order valence-electron chi connectivity index (χ4n) is 1.78. The number of aryl methyl sites for hydroxylation is 1. The van der Waals surface area contributed by atoms with Gasteiger partial charge in [0, 0.05) is 12.4 Å². The van der Waals surface area contributed by atoms with Crippen molar-refractivity contribution in [2.24, 2.45) is 5.73 Å². The van der Waals surface area contributed by atoms with E-state index in [9.17, 15) is 0 Å². The highest BCUT2D eigenvalue weighted by Crippen LogP contribution is 2.26. The van der Waals surface area contributed by atoms with Crippen molar-refractivity contribution in [1.29, 1.82) is 0 Å². The van der Waals surface area contributed by atoms with Gasteiger partial charge in [-0.15, -0.1) is 0 Å². The van der Waals surface area contributed by atoms with Gasteiger partial charge >= 0.3 is 0 Å². The van der Waals surface area contributed by atoms with Crippen molar-refractivity contribution in [2.75, 3.05) is 7.11 Å². The monoisotopic (exact) mass is 321 g/mol. The van der Waals surface area contributed by atoms with E-state index < -0.39 is 0 Å². The Bertz CT molecular complexity index is 557. The molecule has 1 aromatic heterocycles. The summed E-state index contributed by atoms with van der Waals surface area (Å²) in [6.07, 6.45) is 4.25. The van der Waals surface area contributed by atoms with Crippen molar-refractivity contribution in [3.63, 3.8) is 0 Å². The minimum atomic E-state index is -0.208. The number of nitrogens with two attached hydrogens (primary N) is 1. The molecule has 100 valence electrons. The zero-order valence-electron chi connectivity index (χ0n) is 10.9. The Morgan fingerprint density at radius 1 is 1.32 bits per heavy atom. The first kappa shape index (κ1) is 14.0. The standard InChI is InChI=1S/C14H16BrN3O/c1-9-7-17-14(18-8-9)12(16)6-10-3-4-13(19-2)11(15)5-10/h3-5,7-8,12H,6,16H2,1-2H3. The molecule has 0 aliphatic carbocycles. The van der Waals surface area contributed by atoms with E-state index in [1.807, 2.05) is 25.1 Å². The Labute approximate surface area is 121 Å². The van der Waals surface area contributed by atoms with Gasteiger partial charge < -0.3 is 10.5 Å². The Morgan fingerprint density at radius 3 is 2.58 bits per heavy atom. The molecule has 2 rings (SSSR count). The maximum absolute atomic E-state index is 6.13. The molecule has 0 amide bonds. The number of ether oxygens (including phenoxy) is 1. The minimum absolute atomic E-state index is 0.208. The van der Waals surface area contributed by atoms with Crippen LogP contribution in [-0.4, -0.2) is 17.1 Å². The van der Waals surface area contributed by atoms with Crippen LogP contribution in [0, 0.1) is 6.92 Å². The molecule has 2 N–H and O–H groups in total. The summed E-state index contributed by atoms with van der Waals surface area (Å²) >= 11 is 3.47. The molecule has 1 heterocycles. The Balaban J connectivity index is 2.12. The summed E-state index contributed by atoms with van der Waals surface area (Å²) in [6, 6.07) is 5.72. The fraction of sp³-hybridized carbons (Fsp3) is 0.286. The molecule has 1 aromatic carbocycles. The van der Waals surface area contributed by atoms with E-state index in [2.05, 4.69) is 25.9 Å². The van der Waals surface area contributed by atoms with Crippen molar-refractivity contribution in [1.82, 2.24) is 9.97 Å². The van der Waals surface area contributed by atoms with Gasteiger partial charge in [0.25, 0.3) is 0 Å². The first-order valence-electron chi connectivity index (χ1n) is 5.96. The molecule has 1 unspecified atom stereocenters. The molecular weight excluding hydrogens is 306 g/mol. The molecule has 0 aliphatic rings. The lowest BCUT2D eigenvalue weighted by molar-refractivity contribution is 0.412. The molecule has 0 spiro atoms. The zero-order chi connectivity index (χ0) is 13.8. The van der Waals surface area contributed by atoms with E-state index in [0.717, 1.165) is 21.3 Å². The number of halogens is 1. The lowest BCUT2D eigenvalue weighted by Gasteiger charge is -2.11. The molecule has 1 atom stereocenters. The van der Waals surface area contributed by atoms with Gasteiger partial charge in [-0.1, -0.05) is 6.07 Å². The third-order valence-electron chi connectivity index (χ3n) is 2.80. The summed E-state index contributed by atoms with van der Waals surface area (Å²) in [5.41, 5.74) is 8.27. The third-order valence-corrected chi connectivity index (χ3v) is 3.42. The van der Waals surface area contributed by atoms with Crippen LogP contribution in [0.3, 0.4) is 0 Å². The van der Waals surface area contributed by atoms with Gasteiger partial charge in [-0.25, -0.2) is 9.97 Å². The largest absolute Gasteiger partial charge is 0.496 e. The van der Waals surface area contributed by atoms with Gasteiger partial charge in [0.1, 0.15) is 11.6 Å². The summed E-state index contributed by atoms with van der Waals surface area (Å²) in [5.74, 6) is 1.47. The maximum Gasteiger partial charge on any atom is 0.145 e. The molecule has 0 fully saturated rings. The molecule has 0 aliphatic heterocycles. The molecule has 0 saturated heterocycles. The van der Waals surface area contributed by atoms with Crippen LogP contribution in [0.15, 0.2) is 35.1 Å². The minimum Gasteiger partial charge on any atom is -0.496 e. The first-order valence-corrected chi connectivity index (χ1v) is 6.76.